The van der Waals surface area contributed by atoms with Gasteiger partial charge in [-0.15, -0.1) is 0 Å². The molecule has 52 valence electrons. The summed E-state index contributed by atoms with van der Waals surface area (Å²) in [5, 5.41) is 11.3. The zero-order valence-corrected chi connectivity index (χ0v) is 6.39. The van der Waals surface area contributed by atoms with Gasteiger partial charge >= 0.3 is 5.97 Å². The van der Waals surface area contributed by atoms with Crippen molar-refractivity contribution >= 4 is 21.9 Å². The largest absolute Gasteiger partial charge is 0.480 e. The van der Waals surface area contributed by atoms with Gasteiger partial charge in [0.2, 0.25) is 0 Å². The van der Waals surface area contributed by atoms with E-state index in [-0.39, 0.29) is 6.04 Å². The molecule has 0 aliphatic carbocycles. The molecule has 1 aliphatic heterocycles. The first kappa shape index (κ1) is 7.02. The van der Waals surface area contributed by atoms with Gasteiger partial charge in [-0.1, -0.05) is 15.9 Å². The average molecular weight is 194 g/mol. The van der Waals surface area contributed by atoms with Crippen LogP contribution in [0.2, 0.25) is 0 Å². The number of carboxylic acid groups (broad SMARTS) is 1. The van der Waals surface area contributed by atoms with Crippen molar-refractivity contribution in [1.29, 1.82) is 0 Å². The molecule has 9 heavy (non-hydrogen) atoms. The van der Waals surface area contributed by atoms with E-state index in [1.54, 1.807) is 0 Å². The highest BCUT2D eigenvalue weighted by molar-refractivity contribution is 9.09. The van der Waals surface area contributed by atoms with E-state index >= 15 is 0 Å². The van der Waals surface area contributed by atoms with Gasteiger partial charge in [0.1, 0.15) is 6.04 Å². The number of alkyl halides is 1. The number of rotatable bonds is 1. The average Bonchev–Trinajstić information content (AvgIpc) is 2.14. The molecule has 0 amide bonds. The molecule has 4 heteroatoms. The van der Waals surface area contributed by atoms with Crippen LogP contribution in [-0.2, 0) is 4.79 Å². The van der Waals surface area contributed by atoms with Gasteiger partial charge in [0.15, 0.2) is 0 Å². The van der Waals surface area contributed by atoms with E-state index < -0.39 is 5.97 Å². The molecule has 1 heterocycles. The van der Waals surface area contributed by atoms with Crippen LogP contribution < -0.4 is 5.32 Å². The van der Waals surface area contributed by atoms with Crippen molar-refractivity contribution in [3.63, 3.8) is 0 Å². The quantitative estimate of drug-likeness (QED) is 0.586. The van der Waals surface area contributed by atoms with Gasteiger partial charge in [-0.3, -0.25) is 4.79 Å². The molecule has 0 aromatic rings. The summed E-state index contributed by atoms with van der Waals surface area (Å²) in [4.78, 5) is 10.6. The third-order valence-corrected chi connectivity index (χ3v) is 2.07. The Morgan fingerprint density at radius 2 is 2.44 bits per heavy atom. The first-order valence-corrected chi connectivity index (χ1v) is 3.72. The minimum absolute atomic E-state index is 0.332. The minimum atomic E-state index is -0.753. The Morgan fingerprint density at radius 3 is 2.67 bits per heavy atom. The van der Waals surface area contributed by atoms with Gasteiger partial charge in [0.05, 0.1) is 0 Å². The molecule has 0 saturated carbocycles. The Bertz CT molecular complexity index is 128. The lowest BCUT2D eigenvalue weighted by molar-refractivity contribution is -0.139. The second kappa shape index (κ2) is 2.66. The summed E-state index contributed by atoms with van der Waals surface area (Å²) in [5.74, 6) is -0.753. The molecule has 0 aromatic carbocycles. The smallest absolute Gasteiger partial charge is 0.320 e. The van der Waals surface area contributed by atoms with E-state index in [1.165, 1.54) is 0 Å². The van der Waals surface area contributed by atoms with Gasteiger partial charge in [-0.25, -0.2) is 0 Å². The van der Waals surface area contributed by atoms with Crippen molar-refractivity contribution in [2.75, 3.05) is 6.54 Å². The molecule has 1 saturated heterocycles. The summed E-state index contributed by atoms with van der Waals surface area (Å²) in [6.07, 6.45) is 0.690. The van der Waals surface area contributed by atoms with E-state index in [0.717, 1.165) is 6.54 Å². The topological polar surface area (TPSA) is 49.3 Å². The Hall–Kier alpha value is -0.0900. The van der Waals surface area contributed by atoms with Crippen LogP contribution in [0.3, 0.4) is 0 Å². The number of hydrogen-bond acceptors (Lipinski definition) is 2. The monoisotopic (exact) mass is 193 g/mol. The van der Waals surface area contributed by atoms with Gasteiger partial charge < -0.3 is 10.4 Å². The maximum absolute atomic E-state index is 10.3. The Balaban J connectivity index is 2.39. The molecular formula is C5H8BrNO2. The van der Waals surface area contributed by atoms with Crippen LogP contribution in [0.1, 0.15) is 6.42 Å². The van der Waals surface area contributed by atoms with Crippen LogP contribution in [0.25, 0.3) is 0 Å². The predicted octanol–water partition coefficient (Wildman–Crippen LogP) is 0.196. The lowest BCUT2D eigenvalue weighted by Gasteiger charge is -1.99. The Labute approximate surface area is 61.6 Å². The SMILES string of the molecule is O=C(O)[C@@H]1CC(Br)CN1. The van der Waals surface area contributed by atoms with Crippen molar-refractivity contribution in [3.05, 3.63) is 0 Å². The van der Waals surface area contributed by atoms with Crippen molar-refractivity contribution in [2.45, 2.75) is 17.3 Å². The van der Waals surface area contributed by atoms with E-state index in [2.05, 4.69) is 21.2 Å². The maximum atomic E-state index is 10.3. The Kier molecular flexibility index (Phi) is 2.08. The summed E-state index contributed by atoms with van der Waals surface area (Å²) in [7, 11) is 0. The zero-order valence-electron chi connectivity index (χ0n) is 4.80. The number of aliphatic carboxylic acids is 1. The minimum Gasteiger partial charge on any atom is -0.480 e. The van der Waals surface area contributed by atoms with Crippen LogP contribution in [0.4, 0.5) is 0 Å². The molecule has 0 radical (unpaired) electrons. The summed E-state index contributed by atoms with van der Waals surface area (Å²) >= 11 is 3.32. The highest BCUT2D eigenvalue weighted by Gasteiger charge is 2.26. The molecule has 3 nitrogen and oxygen atoms in total. The fourth-order valence-corrected chi connectivity index (χ4v) is 1.44. The van der Waals surface area contributed by atoms with E-state index in [0.29, 0.717) is 11.2 Å². The highest BCUT2D eigenvalue weighted by Crippen LogP contribution is 2.13. The van der Waals surface area contributed by atoms with Crippen LogP contribution >= 0.6 is 15.9 Å². The van der Waals surface area contributed by atoms with Crippen LogP contribution in [0.5, 0.6) is 0 Å². The summed E-state index contributed by atoms with van der Waals surface area (Å²) < 4.78 is 0. The number of carboxylic acids is 1. The molecule has 2 atom stereocenters. The number of halogens is 1. The maximum Gasteiger partial charge on any atom is 0.320 e. The molecule has 0 aromatic heterocycles. The zero-order chi connectivity index (χ0) is 6.85. The molecular weight excluding hydrogens is 186 g/mol. The molecule has 1 fully saturated rings. The second-order valence-corrected chi connectivity index (χ2v) is 3.43. The second-order valence-electron chi connectivity index (χ2n) is 2.13. The first-order valence-electron chi connectivity index (χ1n) is 2.80. The predicted molar refractivity (Wildman–Crippen MR) is 36.8 cm³/mol. The van der Waals surface area contributed by atoms with Crippen LogP contribution in [0.15, 0.2) is 0 Å². The highest BCUT2D eigenvalue weighted by atomic mass is 79.9. The van der Waals surface area contributed by atoms with Crippen molar-refractivity contribution in [3.8, 4) is 0 Å². The fraction of sp³-hybridized carbons (Fsp3) is 0.800. The van der Waals surface area contributed by atoms with Gasteiger partial charge in [0, 0.05) is 11.4 Å². The Morgan fingerprint density at radius 1 is 1.78 bits per heavy atom. The molecule has 1 rings (SSSR count). The molecule has 0 spiro atoms. The van der Waals surface area contributed by atoms with E-state index in [9.17, 15) is 4.79 Å². The number of nitrogens with one attached hydrogen (secondary N) is 1. The standard InChI is InChI=1S/C5H8BrNO2/c6-3-1-4(5(8)9)7-2-3/h3-4,7H,1-2H2,(H,8,9)/t3?,4-/m0/s1. The normalized spacial score (nSPS) is 34.8. The summed E-state index contributed by atoms with van der Waals surface area (Å²) in [6, 6.07) is -0.339. The molecule has 2 N–H and O–H groups in total. The molecule has 1 unspecified atom stereocenters. The van der Waals surface area contributed by atoms with E-state index in [1.807, 2.05) is 0 Å². The van der Waals surface area contributed by atoms with Crippen molar-refractivity contribution < 1.29 is 9.90 Å². The third kappa shape index (κ3) is 1.66. The van der Waals surface area contributed by atoms with Crippen molar-refractivity contribution in [1.82, 2.24) is 5.32 Å². The van der Waals surface area contributed by atoms with Gasteiger partial charge in [-0.2, -0.15) is 0 Å². The van der Waals surface area contributed by atoms with Crippen LogP contribution in [-0.4, -0.2) is 28.5 Å². The molecule has 1 aliphatic rings. The number of carbonyl (C=O) groups is 1. The van der Waals surface area contributed by atoms with Gasteiger partial charge in [-0.05, 0) is 6.42 Å². The van der Waals surface area contributed by atoms with E-state index in [4.69, 9.17) is 5.11 Å². The summed E-state index contributed by atoms with van der Waals surface area (Å²) in [5.41, 5.74) is 0. The lowest BCUT2D eigenvalue weighted by atomic mass is 10.2. The fourth-order valence-electron chi connectivity index (χ4n) is 0.881. The van der Waals surface area contributed by atoms with Crippen LogP contribution in [0, 0.1) is 0 Å². The number of hydrogen-bond donors (Lipinski definition) is 2. The van der Waals surface area contributed by atoms with Gasteiger partial charge in [0.25, 0.3) is 0 Å². The third-order valence-electron chi connectivity index (χ3n) is 1.38. The first-order chi connectivity index (χ1) is 4.20. The summed E-state index contributed by atoms with van der Waals surface area (Å²) in [6.45, 7) is 0.761. The molecule has 0 bridgehead atoms. The van der Waals surface area contributed by atoms with Crippen molar-refractivity contribution in [2.24, 2.45) is 0 Å². The lowest BCUT2D eigenvalue weighted by Crippen LogP contribution is -2.29.